The van der Waals surface area contributed by atoms with Crippen LogP contribution in [0.1, 0.15) is 12.2 Å². The van der Waals surface area contributed by atoms with E-state index in [0.717, 1.165) is 18.6 Å². The summed E-state index contributed by atoms with van der Waals surface area (Å²) in [4.78, 5) is 0. The van der Waals surface area contributed by atoms with Gasteiger partial charge in [-0.15, -0.1) is 6.58 Å². The molecular weight excluding hydrogens is 160 g/mol. The van der Waals surface area contributed by atoms with E-state index in [-0.39, 0.29) is 0 Å². The van der Waals surface area contributed by atoms with Crippen molar-refractivity contribution in [2.75, 3.05) is 0 Å². The molecule has 2 aromatic rings. The molecule has 13 heavy (non-hydrogen) atoms. The third kappa shape index (κ3) is 1.50. The van der Waals surface area contributed by atoms with E-state index >= 15 is 0 Å². The maximum Gasteiger partial charge on any atom is 0.111 e. The number of allylic oxidation sites excluding steroid dienone is 1. The summed E-state index contributed by atoms with van der Waals surface area (Å²) in [5.74, 6) is 1.07. The Labute approximate surface area is 77.7 Å². The minimum absolute atomic E-state index is 0.941. The Bertz CT molecular complexity index is 412. The summed E-state index contributed by atoms with van der Waals surface area (Å²) in [6, 6.07) is 8.22. The highest BCUT2D eigenvalue weighted by molar-refractivity contribution is 5.83. The van der Waals surface area contributed by atoms with Gasteiger partial charge in [0.2, 0.25) is 0 Å². The third-order valence-corrected chi connectivity index (χ3v) is 2.16. The van der Waals surface area contributed by atoms with E-state index in [4.69, 9.17) is 4.42 Å². The van der Waals surface area contributed by atoms with Crippen LogP contribution in [0.5, 0.6) is 0 Å². The fourth-order valence-electron chi connectivity index (χ4n) is 1.48. The maximum absolute atomic E-state index is 5.47. The lowest BCUT2D eigenvalue weighted by Gasteiger charge is -1.93. The molecule has 0 spiro atoms. The molecule has 1 aromatic carbocycles. The highest BCUT2D eigenvalue weighted by Gasteiger charge is 2.02. The second-order valence-corrected chi connectivity index (χ2v) is 3.07. The molecule has 0 unspecified atom stereocenters. The molecule has 0 aliphatic carbocycles. The zero-order valence-corrected chi connectivity index (χ0v) is 7.49. The fourth-order valence-corrected chi connectivity index (χ4v) is 1.48. The number of rotatable bonds is 3. The molecule has 0 N–H and O–H groups in total. The zero-order valence-electron chi connectivity index (χ0n) is 7.49. The van der Waals surface area contributed by atoms with Gasteiger partial charge < -0.3 is 4.42 Å². The molecule has 0 saturated heterocycles. The van der Waals surface area contributed by atoms with Crippen molar-refractivity contribution in [1.29, 1.82) is 0 Å². The number of benzene rings is 1. The van der Waals surface area contributed by atoms with Gasteiger partial charge in [-0.25, -0.2) is 0 Å². The monoisotopic (exact) mass is 172 g/mol. The van der Waals surface area contributed by atoms with Gasteiger partial charge in [0.25, 0.3) is 0 Å². The highest BCUT2D eigenvalue weighted by atomic mass is 16.3. The molecule has 0 aliphatic rings. The summed E-state index contributed by atoms with van der Waals surface area (Å²) in [6.45, 7) is 3.70. The molecule has 0 saturated carbocycles. The van der Waals surface area contributed by atoms with Crippen molar-refractivity contribution in [3.63, 3.8) is 0 Å². The summed E-state index contributed by atoms with van der Waals surface area (Å²) in [7, 11) is 0. The molecule has 1 nitrogen and oxygen atoms in total. The summed E-state index contributed by atoms with van der Waals surface area (Å²) in [5, 5.41) is 2.41. The van der Waals surface area contributed by atoms with E-state index in [1.54, 1.807) is 0 Å². The minimum Gasteiger partial charge on any atom is -0.468 e. The van der Waals surface area contributed by atoms with Crippen LogP contribution < -0.4 is 0 Å². The number of fused-ring (bicyclic) bond motifs is 1. The molecule has 0 radical (unpaired) electrons. The Morgan fingerprint density at radius 2 is 2.15 bits per heavy atom. The largest absolute Gasteiger partial charge is 0.468 e. The van der Waals surface area contributed by atoms with Crippen LogP contribution in [0.3, 0.4) is 0 Å². The highest BCUT2D eigenvalue weighted by Crippen LogP contribution is 2.21. The molecule has 0 amide bonds. The molecule has 0 bridgehead atoms. The molecule has 0 fully saturated rings. The normalized spacial score (nSPS) is 10.5. The van der Waals surface area contributed by atoms with E-state index in [0.29, 0.717) is 0 Å². The summed E-state index contributed by atoms with van der Waals surface area (Å²) in [5.41, 5.74) is 0. The minimum atomic E-state index is 0.941. The lowest BCUT2D eigenvalue weighted by Crippen LogP contribution is -1.79. The second kappa shape index (κ2) is 3.48. The smallest absolute Gasteiger partial charge is 0.111 e. The van der Waals surface area contributed by atoms with E-state index < -0.39 is 0 Å². The summed E-state index contributed by atoms with van der Waals surface area (Å²) < 4.78 is 5.47. The summed E-state index contributed by atoms with van der Waals surface area (Å²) >= 11 is 0. The Balaban J connectivity index is 2.40. The number of aryl methyl sites for hydroxylation is 1. The van der Waals surface area contributed by atoms with Crippen LogP contribution in [-0.4, -0.2) is 0 Å². The van der Waals surface area contributed by atoms with Gasteiger partial charge in [0, 0.05) is 17.2 Å². The van der Waals surface area contributed by atoms with Crippen LogP contribution in [0.25, 0.3) is 10.8 Å². The van der Waals surface area contributed by atoms with Crippen LogP contribution in [0, 0.1) is 0 Å². The van der Waals surface area contributed by atoms with Crippen LogP contribution >= 0.6 is 0 Å². The number of hydrogen-bond acceptors (Lipinski definition) is 1. The first-order valence-electron chi connectivity index (χ1n) is 4.48. The lowest BCUT2D eigenvalue weighted by atomic mass is 10.1. The Morgan fingerprint density at radius 1 is 1.31 bits per heavy atom. The van der Waals surface area contributed by atoms with E-state index in [1.807, 2.05) is 24.5 Å². The Hall–Kier alpha value is -1.50. The van der Waals surface area contributed by atoms with Gasteiger partial charge in [0.05, 0.1) is 6.26 Å². The molecule has 0 atom stereocenters. The zero-order chi connectivity index (χ0) is 9.10. The van der Waals surface area contributed by atoms with Crippen molar-refractivity contribution in [3.05, 3.63) is 48.9 Å². The van der Waals surface area contributed by atoms with Crippen molar-refractivity contribution in [2.24, 2.45) is 0 Å². The van der Waals surface area contributed by atoms with E-state index in [9.17, 15) is 0 Å². The summed E-state index contributed by atoms with van der Waals surface area (Å²) in [6.07, 6.45) is 5.64. The molecule has 66 valence electrons. The average Bonchev–Trinajstić information content (AvgIpc) is 2.58. The third-order valence-electron chi connectivity index (χ3n) is 2.16. The van der Waals surface area contributed by atoms with Gasteiger partial charge in [0.15, 0.2) is 0 Å². The molecule has 1 heteroatoms. The van der Waals surface area contributed by atoms with Crippen molar-refractivity contribution in [3.8, 4) is 0 Å². The SMILES string of the molecule is C=CCCc1occ2ccccc12. The van der Waals surface area contributed by atoms with Crippen LogP contribution in [0.4, 0.5) is 0 Å². The second-order valence-electron chi connectivity index (χ2n) is 3.07. The Kier molecular flexibility index (Phi) is 2.17. The maximum atomic E-state index is 5.47. The average molecular weight is 172 g/mol. The van der Waals surface area contributed by atoms with Crippen molar-refractivity contribution in [1.82, 2.24) is 0 Å². The first-order chi connectivity index (χ1) is 6.42. The van der Waals surface area contributed by atoms with Gasteiger partial charge in [-0.05, 0) is 6.42 Å². The number of hydrogen-bond donors (Lipinski definition) is 0. The van der Waals surface area contributed by atoms with Crippen LogP contribution in [-0.2, 0) is 6.42 Å². The van der Waals surface area contributed by atoms with Crippen molar-refractivity contribution in [2.45, 2.75) is 12.8 Å². The van der Waals surface area contributed by atoms with Crippen LogP contribution in [0.15, 0.2) is 47.6 Å². The molecule has 2 rings (SSSR count). The van der Waals surface area contributed by atoms with Gasteiger partial charge >= 0.3 is 0 Å². The fraction of sp³-hybridized carbons (Fsp3) is 0.167. The molecule has 1 heterocycles. The Morgan fingerprint density at radius 3 is 3.00 bits per heavy atom. The van der Waals surface area contributed by atoms with Gasteiger partial charge in [0.1, 0.15) is 5.76 Å². The predicted octanol–water partition coefficient (Wildman–Crippen LogP) is 3.55. The predicted molar refractivity (Wildman–Crippen MR) is 54.7 cm³/mol. The van der Waals surface area contributed by atoms with Gasteiger partial charge in [-0.1, -0.05) is 30.3 Å². The number of furan rings is 1. The lowest BCUT2D eigenvalue weighted by molar-refractivity contribution is 0.516. The standard InChI is InChI=1S/C12H12O/c1-2-3-8-12-11-7-5-4-6-10(11)9-13-12/h2,4-7,9H,1,3,8H2. The van der Waals surface area contributed by atoms with E-state index in [2.05, 4.69) is 18.7 Å². The molecule has 1 aromatic heterocycles. The topological polar surface area (TPSA) is 13.1 Å². The van der Waals surface area contributed by atoms with Gasteiger partial charge in [-0.2, -0.15) is 0 Å². The molecule has 0 aliphatic heterocycles. The van der Waals surface area contributed by atoms with Crippen LogP contribution in [0.2, 0.25) is 0 Å². The van der Waals surface area contributed by atoms with Crippen molar-refractivity contribution < 1.29 is 4.42 Å². The van der Waals surface area contributed by atoms with E-state index in [1.165, 1.54) is 10.8 Å². The quantitative estimate of drug-likeness (QED) is 0.645. The first kappa shape index (κ1) is 8.11. The van der Waals surface area contributed by atoms with Gasteiger partial charge in [-0.3, -0.25) is 0 Å². The molecular formula is C12H12O. The first-order valence-corrected chi connectivity index (χ1v) is 4.48. The van der Waals surface area contributed by atoms with Crippen molar-refractivity contribution >= 4 is 10.8 Å².